The maximum atomic E-state index is 12.0. The largest absolute Gasteiger partial charge is 0.481 e. The van der Waals surface area contributed by atoms with Crippen molar-refractivity contribution in [2.24, 2.45) is 0 Å². The number of sulfonamides is 1. The fraction of sp³-hybridized carbons (Fsp3) is 0.273. The van der Waals surface area contributed by atoms with Crippen molar-refractivity contribution < 1.29 is 28.2 Å². The number of aliphatic carboxylic acids is 2. The molecular formula is C11H12BrNO6S. The second kappa shape index (κ2) is 6.82. The Morgan fingerprint density at radius 1 is 1.30 bits per heavy atom. The average Bonchev–Trinajstić information content (AvgIpc) is 2.34. The van der Waals surface area contributed by atoms with E-state index in [9.17, 15) is 18.0 Å². The number of carbonyl (C=O) groups is 2. The lowest BCUT2D eigenvalue weighted by atomic mass is 10.2. The minimum Gasteiger partial charge on any atom is -0.481 e. The smallest absolute Gasteiger partial charge is 0.321 e. The van der Waals surface area contributed by atoms with Crippen LogP contribution in [0.25, 0.3) is 0 Å². The molecule has 0 aromatic heterocycles. The molecule has 1 aromatic carbocycles. The Balaban J connectivity index is 2.91. The van der Waals surface area contributed by atoms with Gasteiger partial charge in [-0.25, -0.2) is 8.42 Å². The summed E-state index contributed by atoms with van der Waals surface area (Å²) in [5.74, 6) is -2.62. The number of carboxylic acids is 2. The fourth-order valence-electron chi connectivity index (χ4n) is 1.39. The third kappa shape index (κ3) is 4.91. The van der Waals surface area contributed by atoms with Gasteiger partial charge in [0.15, 0.2) is 0 Å². The van der Waals surface area contributed by atoms with Crippen LogP contribution in [-0.2, 0) is 19.6 Å². The minimum atomic E-state index is -4.03. The summed E-state index contributed by atoms with van der Waals surface area (Å²) < 4.78 is 26.5. The lowest BCUT2D eigenvalue weighted by Gasteiger charge is -2.14. The highest BCUT2D eigenvalue weighted by Gasteiger charge is 2.25. The van der Waals surface area contributed by atoms with Crippen LogP contribution in [0.1, 0.15) is 12.8 Å². The summed E-state index contributed by atoms with van der Waals surface area (Å²) in [5, 5.41) is 17.4. The molecular weight excluding hydrogens is 354 g/mol. The van der Waals surface area contributed by atoms with E-state index in [-0.39, 0.29) is 11.3 Å². The van der Waals surface area contributed by atoms with Crippen molar-refractivity contribution >= 4 is 37.9 Å². The molecule has 20 heavy (non-hydrogen) atoms. The molecule has 0 heterocycles. The molecule has 0 aliphatic carbocycles. The van der Waals surface area contributed by atoms with Crippen LogP contribution in [0, 0.1) is 0 Å². The van der Waals surface area contributed by atoms with Gasteiger partial charge in [-0.2, -0.15) is 4.72 Å². The van der Waals surface area contributed by atoms with E-state index in [2.05, 4.69) is 15.9 Å². The second-order valence-corrected chi connectivity index (χ2v) is 6.53. The molecule has 1 atom stereocenters. The van der Waals surface area contributed by atoms with Crippen molar-refractivity contribution in [3.63, 3.8) is 0 Å². The Morgan fingerprint density at radius 2 is 1.95 bits per heavy atom. The van der Waals surface area contributed by atoms with Crippen molar-refractivity contribution in [1.82, 2.24) is 4.72 Å². The normalized spacial score (nSPS) is 12.8. The van der Waals surface area contributed by atoms with Crippen LogP contribution in [-0.4, -0.2) is 36.6 Å². The third-order valence-corrected chi connectivity index (χ3v) is 4.31. The molecule has 0 saturated carbocycles. The Kier molecular flexibility index (Phi) is 5.66. The summed E-state index contributed by atoms with van der Waals surface area (Å²) >= 11 is 3.11. The summed E-state index contributed by atoms with van der Waals surface area (Å²) in [4.78, 5) is 21.3. The molecule has 0 unspecified atom stereocenters. The van der Waals surface area contributed by atoms with Gasteiger partial charge in [0.25, 0.3) is 0 Å². The van der Waals surface area contributed by atoms with Gasteiger partial charge in [0.05, 0.1) is 4.90 Å². The maximum Gasteiger partial charge on any atom is 0.321 e. The molecule has 1 rings (SSSR count). The summed E-state index contributed by atoms with van der Waals surface area (Å²) in [5.41, 5.74) is 0. The average molecular weight is 366 g/mol. The Labute approximate surface area is 123 Å². The molecule has 0 spiro atoms. The highest BCUT2D eigenvalue weighted by atomic mass is 79.9. The number of nitrogens with one attached hydrogen (secondary N) is 1. The Hall–Kier alpha value is -1.45. The number of rotatable bonds is 7. The van der Waals surface area contributed by atoms with Gasteiger partial charge < -0.3 is 10.2 Å². The molecule has 7 nitrogen and oxygen atoms in total. The SMILES string of the molecule is O=C(O)CC[C@H](NS(=O)(=O)c1cccc(Br)c1)C(=O)O. The van der Waals surface area contributed by atoms with Gasteiger partial charge in [0.1, 0.15) is 6.04 Å². The zero-order chi connectivity index (χ0) is 15.3. The molecule has 3 N–H and O–H groups in total. The molecule has 0 fully saturated rings. The first-order chi connectivity index (χ1) is 9.22. The summed E-state index contributed by atoms with van der Waals surface area (Å²) in [6, 6.07) is 4.25. The van der Waals surface area contributed by atoms with Gasteiger partial charge in [-0.15, -0.1) is 0 Å². The molecule has 9 heteroatoms. The zero-order valence-corrected chi connectivity index (χ0v) is 12.5. The first kappa shape index (κ1) is 16.6. The monoisotopic (exact) mass is 365 g/mol. The van der Waals surface area contributed by atoms with Crippen LogP contribution >= 0.6 is 15.9 Å². The third-order valence-electron chi connectivity index (χ3n) is 2.35. The van der Waals surface area contributed by atoms with Gasteiger partial charge in [0.2, 0.25) is 10.0 Å². The van der Waals surface area contributed by atoms with Crippen LogP contribution in [0.15, 0.2) is 33.6 Å². The van der Waals surface area contributed by atoms with Gasteiger partial charge in [-0.1, -0.05) is 22.0 Å². The van der Waals surface area contributed by atoms with E-state index in [1.54, 1.807) is 6.07 Å². The van der Waals surface area contributed by atoms with E-state index in [4.69, 9.17) is 10.2 Å². The summed E-state index contributed by atoms with van der Waals surface area (Å²) in [6.07, 6.45) is -0.782. The van der Waals surface area contributed by atoms with Crippen molar-refractivity contribution in [2.75, 3.05) is 0 Å². The molecule has 0 amide bonds. The predicted molar refractivity (Wildman–Crippen MR) is 72.8 cm³/mol. The van der Waals surface area contributed by atoms with Crippen LogP contribution in [0.4, 0.5) is 0 Å². The molecule has 110 valence electrons. The molecule has 0 aliphatic heterocycles. The van der Waals surface area contributed by atoms with Crippen molar-refractivity contribution in [2.45, 2.75) is 23.8 Å². The van der Waals surface area contributed by atoms with E-state index in [1.165, 1.54) is 18.2 Å². The second-order valence-electron chi connectivity index (χ2n) is 3.90. The van der Waals surface area contributed by atoms with Gasteiger partial charge in [-0.3, -0.25) is 9.59 Å². The highest BCUT2D eigenvalue weighted by Crippen LogP contribution is 2.16. The summed E-state index contributed by atoms with van der Waals surface area (Å²) in [7, 11) is -4.03. The molecule has 0 bridgehead atoms. The fourth-order valence-corrected chi connectivity index (χ4v) is 3.21. The van der Waals surface area contributed by atoms with E-state index in [0.29, 0.717) is 4.47 Å². The number of hydrogen-bond donors (Lipinski definition) is 3. The molecule has 0 aliphatic rings. The number of benzene rings is 1. The zero-order valence-electron chi connectivity index (χ0n) is 10.1. The lowest BCUT2D eigenvalue weighted by molar-refractivity contribution is -0.140. The van der Waals surface area contributed by atoms with Gasteiger partial charge >= 0.3 is 11.9 Å². The summed E-state index contributed by atoms with van der Waals surface area (Å²) in [6.45, 7) is 0. The van der Waals surface area contributed by atoms with Crippen molar-refractivity contribution in [1.29, 1.82) is 0 Å². The van der Waals surface area contributed by atoms with Crippen LogP contribution < -0.4 is 4.72 Å². The van der Waals surface area contributed by atoms with E-state index < -0.39 is 34.4 Å². The van der Waals surface area contributed by atoms with Crippen molar-refractivity contribution in [3.8, 4) is 0 Å². The first-order valence-corrected chi connectivity index (χ1v) is 7.72. The van der Waals surface area contributed by atoms with Crippen LogP contribution in [0.2, 0.25) is 0 Å². The molecule has 0 saturated heterocycles. The first-order valence-electron chi connectivity index (χ1n) is 5.45. The maximum absolute atomic E-state index is 12.0. The van der Waals surface area contributed by atoms with E-state index >= 15 is 0 Å². The standard InChI is InChI=1S/C11H12BrNO6S/c12-7-2-1-3-8(6-7)20(18,19)13-9(11(16)17)4-5-10(14)15/h1-3,6,9,13H,4-5H2,(H,14,15)(H,16,17)/t9-/m0/s1. The predicted octanol–water partition coefficient (Wildman–Crippen LogP) is 1.05. The quantitative estimate of drug-likeness (QED) is 0.663. The number of hydrogen-bond acceptors (Lipinski definition) is 4. The topological polar surface area (TPSA) is 121 Å². The van der Waals surface area contributed by atoms with E-state index in [0.717, 1.165) is 0 Å². The molecule has 1 aromatic rings. The van der Waals surface area contributed by atoms with Crippen LogP contribution in [0.5, 0.6) is 0 Å². The number of carboxylic acid groups (broad SMARTS) is 2. The van der Waals surface area contributed by atoms with Gasteiger partial charge in [0, 0.05) is 10.9 Å². The number of halogens is 1. The van der Waals surface area contributed by atoms with Crippen molar-refractivity contribution in [3.05, 3.63) is 28.7 Å². The van der Waals surface area contributed by atoms with Crippen LogP contribution in [0.3, 0.4) is 0 Å². The molecule has 0 radical (unpaired) electrons. The Bertz CT molecular complexity index is 615. The van der Waals surface area contributed by atoms with Gasteiger partial charge in [-0.05, 0) is 24.6 Å². The van der Waals surface area contributed by atoms with E-state index in [1.807, 2.05) is 4.72 Å². The Morgan fingerprint density at radius 3 is 2.45 bits per heavy atom. The lowest BCUT2D eigenvalue weighted by Crippen LogP contribution is -2.41. The highest BCUT2D eigenvalue weighted by molar-refractivity contribution is 9.10. The minimum absolute atomic E-state index is 0.103.